The fourth-order valence-electron chi connectivity index (χ4n) is 1.15. The Labute approximate surface area is 85.0 Å². The van der Waals surface area contributed by atoms with Crippen molar-refractivity contribution in [3.63, 3.8) is 0 Å². The molecule has 0 aliphatic heterocycles. The zero-order valence-electron chi connectivity index (χ0n) is 7.77. The van der Waals surface area contributed by atoms with E-state index in [0.717, 1.165) is 10.5 Å². The Morgan fingerprint density at radius 3 is 2.43 bits per heavy atom. The summed E-state index contributed by atoms with van der Waals surface area (Å²) in [7, 11) is -1.19. The van der Waals surface area contributed by atoms with Gasteiger partial charge in [0.05, 0.1) is 6.26 Å². The first kappa shape index (κ1) is 9.21. The lowest BCUT2D eigenvalue weighted by atomic mass is 10.2. The van der Waals surface area contributed by atoms with Crippen molar-refractivity contribution in [3.05, 3.63) is 48.2 Å². The van der Waals surface area contributed by atoms with E-state index in [9.17, 15) is 4.21 Å². The number of hydrogen-bond acceptors (Lipinski definition) is 2. The number of furan rings is 1. The molecule has 0 spiro atoms. The Morgan fingerprint density at radius 2 is 1.86 bits per heavy atom. The van der Waals surface area contributed by atoms with E-state index in [1.165, 1.54) is 6.26 Å². The molecule has 0 saturated carbocycles. The van der Waals surface area contributed by atoms with E-state index in [2.05, 4.69) is 0 Å². The smallest absolute Gasteiger partial charge is 0.194 e. The second-order valence-electron chi connectivity index (χ2n) is 3.01. The van der Waals surface area contributed by atoms with Gasteiger partial charge in [-0.05, 0) is 31.2 Å². The maximum Gasteiger partial charge on any atom is 0.194 e. The Morgan fingerprint density at radius 1 is 1.14 bits per heavy atom. The monoisotopic (exact) mass is 206 g/mol. The van der Waals surface area contributed by atoms with E-state index in [0.29, 0.717) is 5.09 Å². The number of hydrogen-bond donors (Lipinski definition) is 0. The molecule has 1 aromatic heterocycles. The van der Waals surface area contributed by atoms with Crippen LogP contribution in [0.3, 0.4) is 0 Å². The second kappa shape index (κ2) is 3.80. The van der Waals surface area contributed by atoms with Crippen molar-refractivity contribution in [1.82, 2.24) is 0 Å². The first-order chi connectivity index (χ1) is 6.77. The Hall–Kier alpha value is -1.35. The third kappa shape index (κ3) is 1.77. The minimum Gasteiger partial charge on any atom is -0.455 e. The molecule has 0 saturated heterocycles. The predicted octanol–water partition coefficient (Wildman–Crippen LogP) is 2.75. The zero-order valence-corrected chi connectivity index (χ0v) is 8.58. The number of rotatable bonds is 2. The average molecular weight is 206 g/mol. The van der Waals surface area contributed by atoms with Crippen LogP contribution in [0.25, 0.3) is 0 Å². The van der Waals surface area contributed by atoms with Gasteiger partial charge < -0.3 is 4.42 Å². The van der Waals surface area contributed by atoms with Gasteiger partial charge in [0.2, 0.25) is 0 Å². The van der Waals surface area contributed by atoms with Crippen molar-refractivity contribution in [2.45, 2.75) is 16.9 Å². The topological polar surface area (TPSA) is 30.2 Å². The molecular weight excluding hydrogens is 196 g/mol. The van der Waals surface area contributed by atoms with E-state index < -0.39 is 10.8 Å². The molecule has 0 aliphatic carbocycles. The third-order valence-corrected chi connectivity index (χ3v) is 3.21. The van der Waals surface area contributed by atoms with Gasteiger partial charge in [-0.1, -0.05) is 17.7 Å². The van der Waals surface area contributed by atoms with Gasteiger partial charge in [-0.2, -0.15) is 0 Å². The normalized spacial score (nSPS) is 12.6. The molecule has 2 rings (SSSR count). The van der Waals surface area contributed by atoms with Crippen LogP contribution >= 0.6 is 0 Å². The molecule has 0 radical (unpaired) electrons. The fourth-order valence-corrected chi connectivity index (χ4v) is 2.11. The maximum absolute atomic E-state index is 11.8. The molecule has 1 unspecified atom stereocenters. The molecule has 0 aliphatic rings. The molecule has 1 heterocycles. The van der Waals surface area contributed by atoms with Crippen LogP contribution in [0.5, 0.6) is 0 Å². The molecule has 0 fully saturated rings. The molecule has 1 atom stereocenters. The molecule has 72 valence electrons. The predicted molar refractivity (Wildman–Crippen MR) is 54.6 cm³/mol. The highest BCUT2D eigenvalue weighted by molar-refractivity contribution is 7.85. The van der Waals surface area contributed by atoms with Crippen molar-refractivity contribution < 1.29 is 8.63 Å². The van der Waals surface area contributed by atoms with Crippen molar-refractivity contribution in [3.8, 4) is 0 Å². The molecule has 14 heavy (non-hydrogen) atoms. The lowest BCUT2D eigenvalue weighted by Gasteiger charge is -1.98. The molecule has 2 aromatic rings. The summed E-state index contributed by atoms with van der Waals surface area (Å²) in [6.45, 7) is 2.00. The van der Waals surface area contributed by atoms with Crippen LogP contribution < -0.4 is 0 Å². The molecule has 1 aromatic carbocycles. The summed E-state index contributed by atoms with van der Waals surface area (Å²) in [4.78, 5) is 0.769. The van der Waals surface area contributed by atoms with E-state index in [-0.39, 0.29) is 0 Å². The summed E-state index contributed by atoms with van der Waals surface area (Å²) in [5.41, 5.74) is 1.16. The molecular formula is C11H10O2S. The van der Waals surface area contributed by atoms with Gasteiger partial charge in [0.15, 0.2) is 5.09 Å². The lowest BCUT2D eigenvalue weighted by molar-refractivity contribution is 0.465. The minimum absolute atomic E-state index is 0.494. The molecule has 3 heteroatoms. The molecule has 0 N–H and O–H groups in total. The van der Waals surface area contributed by atoms with Crippen LogP contribution in [0.2, 0.25) is 0 Å². The first-order valence-electron chi connectivity index (χ1n) is 4.29. The van der Waals surface area contributed by atoms with Gasteiger partial charge >= 0.3 is 0 Å². The summed E-state index contributed by atoms with van der Waals surface area (Å²) < 4.78 is 16.9. The van der Waals surface area contributed by atoms with Gasteiger partial charge in [-0.25, -0.2) is 4.21 Å². The summed E-state index contributed by atoms with van der Waals surface area (Å²) in [5, 5.41) is 0.494. The molecule has 2 nitrogen and oxygen atoms in total. The number of benzene rings is 1. The zero-order chi connectivity index (χ0) is 9.97. The van der Waals surface area contributed by atoms with Crippen molar-refractivity contribution in [2.75, 3.05) is 0 Å². The average Bonchev–Trinajstić information content (AvgIpc) is 2.71. The fraction of sp³-hybridized carbons (Fsp3) is 0.0909. The standard InChI is InChI=1S/C11H10O2S/c1-9-4-6-10(7-5-9)14(12)11-3-2-8-13-11/h2-8H,1H3. The highest BCUT2D eigenvalue weighted by Crippen LogP contribution is 2.16. The van der Waals surface area contributed by atoms with Gasteiger partial charge in [-0.15, -0.1) is 0 Å². The Bertz CT molecular complexity index is 429. The summed E-state index contributed by atoms with van der Waals surface area (Å²) >= 11 is 0. The van der Waals surface area contributed by atoms with Crippen LogP contribution in [0.1, 0.15) is 5.56 Å². The summed E-state index contributed by atoms with van der Waals surface area (Å²) in [6.07, 6.45) is 1.53. The van der Waals surface area contributed by atoms with Crippen LogP contribution in [0, 0.1) is 6.92 Å². The Kier molecular flexibility index (Phi) is 2.50. The SMILES string of the molecule is Cc1ccc(S(=O)c2ccco2)cc1. The van der Waals surface area contributed by atoms with Gasteiger partial charge in [0, 0.05) is 4.90 Å². The van der Waals surface area contributed by atoms with Crippen molar-refractivity contribution >= 4 is 10.8 Å². The van der Waals surface area contributed by atoms with Gasteiger partial charge in [-0.3, -0.25) is 0 Å². The quantitative estimate of drug-likeness (QED) is 0.756. The highest BCUT2D eigenvalue weighted by Gasteiger charge is 2.08. The molecule has 0 bridgehead atoms. The van der Waals surface area contributed by atoms with E-state index >= 15 is 0 Å². The third-order valence-electron chi connectivity index (χ3n) is 1.91. The summed E-state index contributed by atoms with van der Waals surface area (Å²) in [6, 6.07) is 11.0. The largest absolute Gasteiger partial charge is 0.455 e. The minimum atomic E-state index is -1.19. The maximum atomic E-state index is 11.8. The second-order valence-corrected chi connectivity index (χ2v) is 4.43. The Balaban J connectivity index is 2.33. The lowest BCUT2D eigenvalue weighted by Crippen LogP contribution is -1.90. The van der Waals surface area contributed by atoms with Crippen LogP contribution in [0.4, 0.5) is 0 Å². The van der Waals surface area contributed by atoms with Crippen LogP contribution in [-0.2, 0) is 10.8 Å². The van der Waals surface area contributed by atoms with Gasteiger partial charge in [0.25, 0.3) is 0 Å². The first-order valence-corrected chi connectivity index (χ1v) is 5.44. The van der Waals surface area contributed by atoms with E-state index in [1.54, 1.807) is 12.1 Å². The van der Waals surface area contributed by atoms with Crippen LogP contribution in [-0.4, -0.2) is 4.21 Å². The van der Waals surface area contributed by atoms with Crippen molar-refractivity contribution in [2.24, 2.45) is 0 Å². The van der Waals surface area contributed by atoms with Gasteiger partial charge in [0.1, 0.15) is 10.8 Å². The summed E-state index contributed by atoms with van der Waals surface area (Å²) in [5.74, 6) is 0. The van der Waals surface area contributed by atoms with E-state index in [4.69, 9.17) is 4.42 Å². The highest BCUT2D eigenvalue weighted by atomic mass is 32.2. The van der Waals surface area contributed by atoms with Crippen LogP contribution in [0.15, 0.2) is 57.1 Å². The van der Waals surface area contributed by atoms with E-state index in [1.807, 2.05) is 31.2 Å². The molecule has 0 amide bonds. The number of aryl methyl sites for hydroxylation is 1. The van der Waals surface area contributed by atoms with Crippen molar-refractivity contribution in [1.29, 1.82) is 0 Å².